The summed E-state index contributed by atoms with van der Waals surface area (Å²) in [5.74, 6) is -6.72. The molecule has 0 atom stereocenters. The largest absolute Gasteiger partial charge is 1.00 e. The van der Waals surface area contributed by atoms with Crippen LogP contribution in [0.4, 0.5) is 75.9 Å². The number of halogens is 22. The predicted molar refractivity (Wildman–Crippen MR) is 522 cm³/mol. The van der Waals surface area contributed by atoms with E-state index in [-0.39, 0.29) is 204 Å². The van der Waals surface area contributed by atoms with E-state index >= 15 is 0 Å². The van der Waals surface area contributed by atoms with Crippen molar-refractivity contribution in [3.8, 4) is 34.7 Å². The number of aldehydes is 1. The van der Waals surface area contributed by atoms with E-state index in [0.717, 1.165) is 92.0 Å². The topological polar surface area (TPSA) is 423 Å². The molecule has 14 rings (SSSR count). The Labute approximate surface area is 954 Å². The second-order valence-corrected chi connectivity index (χ2v) is 47.0. The molecule has 7 aromatic carbocycles. The predicted octanol–water partition coefficient (Wildman–Crippen LogP) is 16.5. The maximum atomic E-state index is 13.3. The Bertz CT molecular complexity index is 6470. The summed E-state index contributed by atoms with van der Waals surface area (Å²) in [6.45, 7) is 23.0. The van der Waals surface area contributed by atoms with Crippen LogP contribution in [0.2, 0.25) is 44.4 Å². The molecule has 7 aromatic heterocycles. The molecule has 758 valence electrons. The summed E-state index contributed by atoms with van der Waals surface area (Å²) in [6, 6.07) is 18.9. The van der Waals surface area contributed by atoms with Crippen LogP contribution in [0, 0.1) is 145 Å². The zero-order valence-corrected chi connectivity index (χ0v) is 95.2. The van der Waals surface area contributed by atoms with E-state index in [1.54, 1.807) is 62.2 Å². The fraction of sp³-hybridized carbons (Fsp3) is 0.213. The number of terminal acetylenes is 1. The molecule has 0 aliphatic heterocycles. The molecule has 25 nitrogen and oxygen atoms in total. The number of aliphatic carboxylic acids is 1. The van der Waals surface area contributed by atoms with Crippen LogP contribution in [-0.2, 0) is 25.5 Å². The van der Waals surface area contributed by atoms with Gasteiger partial charge in [0.1, 0.15) is 109 Å². The summed E-state index contributed by atoms with van der Waals surface area (Å²) in [7, 11) is -2.72. The number of carboxylic acid groups (broad SMARTS) is 1. The van der Waals surface area contributed by atoms with Gasteiger partial charge in [-0.25, -0.2) is 75.4 Å². The molecular formula is C89H95Br2Cl4F16K2N13NaO12PSi2. The summed E-state index contributed by atoms with van der Waals surface area (Å²) in [4.78, 5) is 67.4. The summed E-state index contributed by atoms with van der Waals surface area (Å²) >= 11 is 26.0. The molecule has 0 unspecified atom stereocenters. The van der Waals surface area contributed by atoms with Gasteiger partial charge in [-0.05, 0) is 148 Å². The van der Waals surface area contributed by atoms with Crippen LogP contribution in [0.5, 0.6) is 0 Å². The second-order valence-electron chi connectivity index (χ2n) is 28.7. The van der Waals surface area contributed by atoms with Gasteiger partial charge in [0.2, 0.25) is 6.20 Å². The number of nitrogens with one attached hydrogen (secondary N) is 4. The Kier molecular flexibility index (Phi) is 73.8. The SMILES string of the molecule is C.C#C[Si](C)(C)C.CC(=O)O.CC(C)c1cnn2c(Cl)cc(-c3cncc(F)c3)nc12.CC[O-].C[N+](=O)[O-].Cc1c(F)cc(F)cc1Br.Cc1c(F)cc(F)cc1C#C[Si](C)(C)C.Fc1cc(F)c2[nH]ccc2c1.N.NCCc1c[nH]c2c(F)cc(F)cc12.Nc1c(F)cc(F)cc1Br.O=CO[O-].O=Cc1c[nH]c2c(F)cc(F)cc12.O=P(Cl)(Cl)Cl.O=[N+]([O-])/C=C/c1c[nH]c2c(F)cc(F)cc12.[2H]CF.[H-].[K+].[K+].[Na+]. The number of H-pyrrole nitrogens is 4. The molecule has 0 spiro atoms. The minimum absolute atomic E-state index is 0. The van der Waals surface area contributed by atoms with Crippen molar-refractivity contribution in [1.82, 2.24) is 45.7 Å². The molecule has 0 fully saturated rings. The van der Waals surface area contributed by atoms with Crippen LogP contribution >= 0.6 is 82.4 Å². The number of aromatic amines is 4. The van der Waals surface area contributed by atoms with Gasteiger partial charge in [-0.1, -0.05) is 101 Å². The molecule has 14 aromatic rings. The number of fused-ring (bicyclic) bond motifs is 5. The van der Waals surface area contributed by atoms with E-state index in [9.17, 15) is 89.7 Å². The number of aromatic nitrogens is 8. The fourth-order valence-corrected chi connectivity index (χ4v) is 11.2. The molecule has 0 radical (unpaired) electrons. The van der Waals surface area contributed by atoms with Gasteiger partial charge in [-0.3, -0.25) is 48.6 Å². The van der Waals surface area contributed by atoms with Crippen molar-refractivity contribution < 1.29 is 255 Å². The summed E-state index contributed by atoms with van der Waals surface area (Å²) in [5, 5.41) is 46.8. The van der Waals surface area contributed by atoms with E-state index in [1.165, 1.54) is 48.8 Å². The first-order chi connectivity index (χ1) is 64.1. The minimum atomic E-state index is -3.22. The summed E-state index contributed by atoms with van der Waals surface area (Å²) in [5.41, 5.74) is 22.9. The molecule has 0 aliphatic rings. The summed E-state index contributed by atoms with van der Waals surface area (Å²) in [6.07, 6.45) is 18.6. The number of nitrogens with zero attached hydrogens (tertiary/aromatic N) is 6. The van der Waals surface area contributed by atoms with Crippen LogP contribution in [0.15, 0.2) is 162 Å². The number of nitrogens with two attached hydrogens (primary N) is 2. The maximum Gasteiger partial charge on any atom is 1.00 e. The number of nitro groups is 2. The van der Waals surface area contributed by atoms with Gasteiger partial charge in [0.15, 0.2) is 19.0 Å². The average molecular weight is 2330 g/mol. The van der Waals surface area contributed by atoms with E-state index in [2.05, 4.69) is 176 Å². The first-order valence-corrected chi connectivity index (χ1v) is 51.5. The fourth-order valence-electron chi connectivity index (χ4n) is 9.64. The van der Waals surface area contributed by atoms with Gasteiger partial charge < -0.3 is 59.3 Å². The zero-order valence-electron chi connectivity index (χ0n) is 79.9. The van der Waals surface area contributed by atoms with Crippen molar-refractivity contribution in [3.05, 3.63) is 313 Å². The van der Waals surface area contributed by atoms with E-state index in [1.807, 2.05) is 0 Å². The maximum absolute atomic E-state index is 13.3. The van der Waals surface area contributed by atoms with Crippen LogP contribution < -0.4 is 160 Å². The molecule has 0 aliphatic carbocycles. The molecule has 53 heteroatoms. The van der Waals surface area contributed by atoms with Crippen molar-refractivity contribution in [1.29, 1.82) is 0 Å². The van der Waals surface area contributed by atoms with Gasteiger partial charge in [-0.15, -0.1) is 24.1 Å². The zero-order chi connectivity index (χ0) is 106. The molecule has 12 N–H and O–H groups in total. The van der Waals surface area contributed by atoms with Crippen molar-refractivity contribution >= 4 is 178 Å². The molecule has 142 heavy (non-hydrogen) atoms. The number of alkyl halides is 1. The number of benzene rings is 7. The number of anilines is 1. The third kappa shape index (κ3) is 56.9. The average Bonchev–Trinajstić information content (AvgIpc) is 1.63. The van der Waals surface area contributed by atoms with Gasteiger partial charge in [0.25, 0.3) is 12.4 Å². The Morgan fingerprint density at radius 3 is 1.49 bits per heavy atom. The van der Waals surface area contributed by atoms with Crippen LogP contribution in [-0.4, -0.2) is 117 Å². The van der Waals surface area contributed by atoms with Gasteiger partial charge in [-0.2, -0.15) is 5.10 Å². The molecule has 0 saturated heterocycles. The normalized spacial score (nSPS) is 9.94. The standard InChI is InChI=1S/C14H12ClFN4.C12H14F2Si.C10H6F2N2O2.C10H10F2N2.C9H5F2NO.C8H5F2N.C7H5BrF2.C6H4BrF2N.C5H10Si.C2H4O2.C2H5O.CH3F.CH3NO2.CH2O3.CH4.Cl3OP.2K.H3N.Na.H/c1-8(2)11-7-18-20-13(15)4-12(19-14(11)20)9-3-10(16)6-17-5-9;1-9-10(5-6-15(2,3)4)7-11(13)8-12(9)14;11-7-3-8-6(1-2-14(15)16)5-13-10(8)9(12)4-7;11-7-3-8-6(1-2-13)5-14-10(8)9(12)4-7;10-6-1-7-5(4-13)3-12-9(7)8(11)2-6;9-6-3-5-1-2-11-8(5)7(10)4-6;1-4-6(8)2-5(9)3-7(4)10;7-4-1-3(8)2-5(9)6(4)10;1-5-6(2,3)4;1-2(3)4;1-2-3;1-2;1-2(3)4;2-1-4-3;;1-5(2,3)4;;;;;/h3-8H,1-2H3;7-8H,1-4H3;1-5,13H;3-5,14H,1-2,13H2;1-4,12H;1-4,11H;2-3H,1H3;1-2H,10H2;1H,2-4H3;1H3,(H,3,4);2H2,1H3;1H3;1H3;1,3H;1H4;;;;1H3;;/q;;;;;;;;;;-1;;;;;;2*+1;;+1;-1/p-1/b;;2-1+;;;;;;;;;;;;;;;;;;/i;;;;;;;;;;;1D;;;;;;;;;. The Balaban J connectivity index is -0.000000287. The second kappa shape index (κ2) is 73.4. The van der Waals surface area contributed by atoms with Gasteiger partial charge >= 0.3 is 138 Å². The van der Waals surface area contributed by atoms with Crippen LogP contribution in [0.25, 0.3) is 66.6 Å². The number of carbonyl (C=O) groups is 3. The van der Waals surface area contributed by atoms with Crippen molar-refractivity contribution in [3.63, 3.8) is 0 Å². The Hall–Kier alpha value is -7.68. The third-order valence-corrected chi connectivity index (χ3v) is 19.0. The number of nitrogen functional groups attached to an aromatic ring is 1. The molecule has 7 heterocycles. The van der Waals surface area contributed by atoms with E-state index in [4.69, 9.17) is 66.0 Å². The van der Waals surface area contributed by atoms with Crippen molar-refractivity contribution in [2.24, 2.45) is 5.73 Å². The first kappa shape index (κ1) is 143. The number of hydrogen-bond donors (Lipinski definition) is 8. The monoisotopic (exact) mass is 2330 g/mol. The van der Waals surface area contributed by atoms with E-state index in [0.29, 0.717) is 96.0 Å². The first-order valence-electron chi connectivity index (χ1n) is 38.9. The number of carbonyl (C=O) groups excluding carboxylic acids is 2. The smallest absolute Gasteiger partial charge is 1.00 e. The number of carboxylic acids is 1. The Morgan fingerprint density at radius 1 is 0.676 bits per heavy atom. The Morgan fingerprint density at radius 2 is 1.07 bits per heavy atom. The molecule has 0 bridgehead atoms. The summed E-state index contributed by atoms with van der Waals surface area (Å²) < 4.78 is 220. The van der Waals surface area contributed by atoms with Crippen LogP contribution in [0.3, 0.4) is 0 Å². The molecule has 0 amide bonds. The third-order valence-electron chi connectivity index (χ3n) is 15.5. The van der Waals surface area contributed by atoms with E-state index < -0.39 is 132 Å². The molecular weight excluding hydrogens is 2240 g/mol. The van der Waals surface area contributed by atoms with Gasteiger partial charge in [0.05, 0.1) is 59.3 Å². The number of rotatable bonds is 8. The quantitative estimate of drug-likeness (QED) is 0.00669. The minimum Gasteiger partial charge on any atom is -1.00 e. The van der Waals surface area contributed by atoms with Crippen LogP contribution in [0.1, 0.15) is 87.6 Å². The van der Waals surface area contributed by atoms with Crippen molar-refractivity contribution in [2.45, 2.75) is 101 Å². The number of pyridine rings is 1. The van der Waals surface area contributed by atoms with Gasteiger partial charge in [0, 0.05) is 161 Å². The molecule has 0 saturated carbocycles. The number of hydrogen-bond acceptors (Lipinski definition) is 17. The van der Waals surface area contributed by atoms with Crippen molar-refractivity contribution in [2.75, 3.05) is 33.1 Å².